The fraction of sp³-hybridized carbons (Fsp3) is 0.429. The van der Waals surface area contributed by atoms with Gasteiger partial charge in [0.05, 0.1) is 5.56 Å². The van der Waals surface area contributed by atoms with Crippen LogP contribution in [0.3, 0.4) is 0 Å². The lowest BCUT2D eigenvalue weighted by Crippen LogP contribution is -2.41. The van der Waals surface area contributed by atoms with Gasteiger partial charge in [-0.15, -0.1) is 0 Å². The molecule has 6 heteroatoms. The number of carboxylic acid groups (broad SMARTS) is 1. The average Bonchev–Trinajstić information content (AvgIpc) is 2.37. The molecule has 0 saturated carbocycles. The number of carbonyl (C=O) groups is 2. The van der Waals surface area contributed by atoms with Gasteiger partial charge < -0.3 is 15.2 Å². The fourth-order valence-corrected chi connectivity index (χ4v) is 1.73. The number of hydrogen-bond acceptors (Lipinski definition) is 3. The Morgan fingerprint density at radius 2 is 2.15 bits per heavy atom. The van der Waals surface area contributed by atoms with Crippen molar-refractivity contribution < 1.29 is 23.8 Å². The zero-order valence-corrected chi connectivity index (χ0v) is 11.5. The monoisotopic (exact) mass is 283 g/mol. The van der Waals surface area contributed by atoms with Gasteiger partial charge in [-0.05, 0) is 37.5 Å². The third-order valence-electron chi connectivity index (χ3n) is 2.81. The smallest absolute Gasteiger partial charge is 0.326 e. The Balaban J connectivity index is 2.72. The first-order valence-electron chi connectivity index (χ1n) is 6.24. The second-order valence-corrected chi connectivity index (χ2v) is 4.48. The normalized spacial score (nSPS) is 11.9. The van der Waals surface area contributed by atoms with Crippen LogP contribution in [0.25, 0.3) is 0 Å². The zero-order valence-electron chi connectivity index (χ0n) is 11.5. The van der Waals surface area contributed by atoms with E-state index in [-0.39, 0.29) is 12.0 Å². The van der Waals surface area contributed by atoms with Gasteiger partial charge in [0.1, 0.15) is 11.9 Å². The summed E-state index contributed by atoms with van der Waals surface area (Å²) in [7, 11) is 1.51. The Kier molecular flexibility index (Phi) is 6.11. The molecule has 0 aliphatic heterocycles. The number of carbonyl (C=O) groups excluding carboxylic acids is 1. The molecule has 0 aromatic heterocycles. The molecule has 1 aromatic rings. The summed E-state index contributed by atoms with van der Waals surface area (Å²) in [5.41, 5.74) is 0.530. The van der Waals surface area contributed by atoms with E-state index in [2.05, 4.69) is 5.32 Å². The average molecular weight is 283 g/mol. The molecule has 1 amide bonds. The Morgan fingerprint density at radius 1 is 1.45 bits per heavy atom. The third kappa shape index (κ3) is 4.62. The summed E-state index contributed by atoms with van der Waals surface area (Å²) in [6, 6.07) is 3.11. The third-order valence-corrected chi connectivity index (χ3v) is 2.81. The Labute approximate surface area is 116 Å². The van der Waals surface area contributed by atoms with E-state index >= 15 is 0 Å². The Morgan fingerprint density at radius 3 is 2.70 bits per heavy atom. The second kappa shape index (κ2) is 7.59. The highest BCUT2D eigenvalue weighted by atomic mass is 19.1. The number of benzene rings is 1. The standard InChI is InChI=1S/C14H18FNO4/c1-9-5-6-10(11(15)8-9)13(17)16-12(14(18)19)4-3-7-20-2/h5-6,8,12H,3-4,7H2,1-2H3,(H,16,17)(H,18,19). The molecule has 2 N–H and O–H groups in total. The molecule has 1 rings (SSSR count). The van der Waals surface area contributed by atoms with Gasteiger partial charge in [0.15, 0.2) is 0 Å². The summed E-state index contributed by atoms with van der Waals surface area (Å²) in [6.45, 7) is 2.11. The van der Waals surface area contributed by atoms with Crippen molar-refractivity contribution in [2.45, 2.75) is 25.8 Å². The van der Waals surface area contributed by atoms with E-state index in [4.69, 9.17) is 9.84 Å². The van der Waals surface area contributed by atoms with E-state index in [1.807, 2.05) is 0 Å². The van der Waals surface area contributed by atoms with Crippen molar-refractivity contribution in [1.82, 2.24) is 5.32 Å². The van der Waals surface area contributed by atoms with Gasteiger partial charge in [-0.3, -0.25) is 4.79 Å². The van der Waals surface area contributed by atoms with Crippen molar-refractivity contribution in [3.05, 3.63) is 35.1 Å². The first-order valence-corrected chi connectivity index (χ1v) is 6.24. The molecule has 0 spiro atoms. The highest BCUT2D eigenvalue weighted by Gasteiger charge is 2.21. The van der Waals surface area contributed by atoms with E-state index < -0.39 is 23.7 Å². The molecule has 110 valence electrons. The highest BCUT2D eigenvalue weighted by Crippen LogP contribution is 2.10. The zero-order chi connectivity index (χ0) is 15.1. The minimum absolute atomic E-state index is 0.159. The topological polar surface area (TPSA) is 75.6 Å². The molecule has 20 heavy (non-hydrogen) atoms. The molecule has 0 bridgehead atoms. The number of halogens is 1. The lowest BCUT2D eigenvalue weighted by atomic mass is 10.1. The molecule has 1 aromatic carbocycles. The van der Waals surface area contributed by atoms with Crippen LogP contribution in [0.1, 0.15) is 28.8 Å². The van der Waals surface area contributed by atoms with Gasteiger partial charge in [-0.2, -0.15) is 0 Å². The van der Waals surface area contributed by atoms with Gasteiger partial charge in [0.25, 0.3) is 5.91 Å². The highest BCUT2D eigenvalue weighted by molar-refractivity contribution is 5.96. The number of aryl methyl sites for hydroxylation is 1. The lowest BCUT2D eigenvalue weighted by Gasteiger charge is -2.14. The number of amides is 1. The predicted octanol–water partition coefficient (Wildman–Crippen LogP) is 1.74. The first-order chi connectivity index (χ1) is 9.45. The molecule has 0 heterocycles. The van der Waals surface area contributed by atoms with E-state index in [1.54, 1.807) is 13.0 Å². The molecule has 1 atom stereocenters. The van der Waals surface area contributed by atoms with Crippen LogP contribution in [0, 0.1) is 12.7 Å². The molecule has 0 aliphatic carbocycles. The number of rotatable bonds is 7. The number of aliphatic carboxylic acids is 1. The van der Waals surface area contributed by atoms with Crippen molar-refractivity contribution in [2.24, 2.45) is 0 Å². The van der Waals surface area contributed by atoms with Crippen LogP contribution in [0.5, 0.6) is 0 Å². The van der Waals surface area contributed by atoms with Gasteiger partial charge in [-0.1, -0.05) is 6.07 Å². The van der Waals surface area contributed by atoms with Crippen molar-refractivity contribution in [3.8, 4) is 0 Å². The summed E-state index contributed by atoms with van der Waals surface area (Å²) in [5.74, 6) is -2.54. The summed E-state index contributed by atoms with van der Waals surface area (Å²) < 4.78 is 18.5. The van der Waals surface area contributed by atoms with Crippen LogP contribution < -0.4 is 5.32 Å². The maximum Gasteiger partial charge on any atom is 0.326 e. The minimum atomic E-state index is -1.15. The minimum Gasteiger partial charge on any atom is -0.480 e. The maximum atomic E-state index is 13.6. The second-order valence-electron chi connectivity index (χ2n) is 4.48. The van der Waals surface area contributed by atoms with Gasteiger partial charge in [-0.25, -0.2) is 9.18 Å². The summed E-state index contributed by atoms with van der Waals surface area (Å²) >= 11 is 0. The summed E-state index contributed by atoms with van der Waals surface area (Å²) in [4.78, 5) is 22.9. The Hall–Kier alpha value is -1.95. The van der Waals surface area contributed by atoms with Crippen LogP contribution in [0.4, 0.5) is 4.39 Å². The van der Waals surface area contributed by atoms with Gasteiger partial charge >= 0.3 is 5.97 Å². The van der Waals surface area contributed by atoms with Crippen molar-refractivity contribution in [1.29, 1.82) is 0 Å². The molecule has 0 aliphatic rings. The largest absolute Gasteiger partial charge is 0.480 e. The van der Waals surface area contributed by atoms with E-state index in [9.17, 15) is 14.0 Å². The van der Waals surface area contributed by atoms with Crippen molar-refractivity contribution in [2.75, 3.05) is 13.7 Å². The lowest BCUT2D eigenvalue weighted by molar-refractivity contribution is -0.139. The summed E-state index contributed by atoms with van der Waals surface area (Å²) in [6.07, 6.45) is 0.715. The van der Waals surface area contributed by atoms with E-state index in [0.29, 0.717) is 18.6 Å². The number of hydrogen-bond donors (Lipinski definition) is 2. The van der Waals surface area contributed by atoms with Crippen molar-refractivity contribution in [3.63, 3.8) is 0 Å². The molecular formula is C14H18FNO4. The van der Waals surface area contributed by atoms with Crippen LogP contribution in [0.2, 0.25) is 0 Å². The molecule has 1 unspecified atom stereocenters. The predicted molar refractivity (Wildman–Crippen MR) is 71.1 cm³/mol. The summed E-state index contributed by atoms with van der Waals surface area (Å²) in [5, 5.41) is 11.4. The quantitative estimate of drug-likeness (QED) is 0.747. The van der Waals surface area contributed by atoms with E-state index in [1.165, 1.54) is 19.2 Å². The van der Waals surface area contributed by atoms with Crippen LogP contribution in [-0.2, 0) is 9.53 Å². The van der Waals surface area contributed by atoms with E-state index in [0.717, 1.165) is 0 Å². The van der Waals surface area contributed by atoms with Crippen molar-refractivity contribution >= 4 is 11.9 Å². The Bertz CT molecular complexity index is 490. The number of ether oxygens (including phenoxy) is 1. The van der Waals surface area contributed by atoms with Gasteiger partial charge in [0, 0.05) is 13.7 Å². The van der Waals surface area contributed by atoms with Gasteiger partial charge in [0.2, 0.25) is 0 Å². The molecule has 0 fully saturated rings. The molecule has 5 nitrogen and oxygen atoms in total. The molecule has 0 radical (unpaired) electrons. The first kappa shape index (κ1) is 16.1. The SMILES string of the molecule is COCCCC(NC(=O)c1ccc(C)cc1F)C(=O)O. The maximum absolute atomic E-state index is 13.6. The van der Waals surface area contributed by atoms with Crippen LogP contribution in [-0.4, -0.2) is 36.7 Å². The molecular weight excluding hydrogens is 265 g/mol. The molecule has 0 saturated heterocycles. The number of nitrogens with one attached hydrogen (secondary N) is 1. The van der Waals surface area contributed by atoms with Crippen LogP contribution in [0.15, 0.2) is 18.2 Å². The fourth-order valence-electron chi connectivity index (χ4n) is 1.73. The number of carboxylic acids is 1. The van der Waals surface area contributed by atoms with Crippen LogP contribution >= 0.6 is 0 Å². The number of methoxy groups -OCH3 is 1.